The van der Waals surface area contributed by atoms with E-state index >= 15 is 0 Å². The van der Waals surface area contributed by atoms with E-state index in [1.807, 2.05) is 30.5 Å². The van der Waals surface area contributed by atoms with Crippen molar-refractivity contribution in [1.82, 2.24) is 19.9 Å². The number of ether oxygens (including phenoxy) is 2. The minimum Gasteiger partial charge on any atom is -0.497 e. The number of nitrogens with one attached hydrogen (secondary N) is 1. The van der Waals surface area contributed by atoms with Crippen molar-refractivity contribution >= 4 is 11.3 Å². The van der Waals surface area contributed by atoms with Crippen molar-refractivity contribution in [2.45, 2.75) is 45.7 Å². The van der Waals surface area contributed by atoms with Gasteiger partial charge in [-0.1, -0.05) is 32.1 Å². The van der Waals surface area contributed by atoms with Crippen LogP contribution >= 0.6 is 11.3 Å². The van der Waals surface area contributed by atoms with Gasteiger partial charge >= 0.3 is 0 Å². The molecule has 2 aromatic heterocycles. The summed E-state index contributed by atoms with van der Waals surface area (Å²) >= 11 is 1.51. The van der Waals surface area contributed by atoms with E-state index in [9.17, 15) is 4.79 Å². The maximum absolute atomic E-state index is 12.6. The van der Waals surface area contributed by atoms with Gasteiger partial charge in [0.25, 0.3) is 10.8 Å². The van der Waals surface area contributed by atoms with Gasteiger partial charge in [-0.15, -0.1) is 0 Å². The topological polar surface area (TPSA) is 80.3 Å². The molecule has 0 aliphatic carbocycles. The zero-order valence-corrected chi connectivity index (χ0v) is 18.5. The first-order valence-electron chi connectivity index (χ1n) is 9.93. The first kappa shape index (κ1) is 20.6. The number of aromatic nitrogens is 3. The molecule has 3 aromatic rings. The summed E-state index contributed by atoms with van der Waals surface area (Å²) in [4.78, 5) is 28.0. The number of aromatic amines is 1. The number of rotatable bonds is 5. The molecule has 1 N–H and O–H groups in total. The first-order valence-corrected chi connectivity index (χ1v) is 10.7. The van der Waals surface area contributed by atoms with Crippen molar-refractivity contribution in [2.75, 3.05) is 13.7 Å². The Hall–Kier alpha value is -2.71. The Morgan fingerprint density at radius 3 is 2.63 bits per heavy atom. The molecule has 3 heterocycles. The number of H-pyrrole nitrogens is 1. The highest BCUT2D eigenvalue weighted by molar-refractivity contribution is 7.13. The maximum Gasteiger partial charge on any atom is 0.278 e. The molecule has 0 saturated heterocycles. The number of thiazole rings is 1. The van der Waals surface area contributed by atoms with Crippen molar-refractivity contribution in [3.63, 3.8) is 0 Å². The minimum absolute atomic E-state index is 0.0255. The standard InChI is InChI=1S/C22H26N4O3S/c1-22(2,3)20-24-18-9-10-26(13-17(18)19(27)25-20)12-16-11-23-21(30-16)29-15-7-5-14(28-4)6-8-15/h5-8,11H,9-10,12-13H2,1-4H3,(H,24,25,27). The molecule has 1 aliphatic rings. The van der Waals surface area contributed by atoms with Gasteiger partial charge < -0.3 is 14.5 Å². The predicted molar refractivity (Wildman–Crippen MR) is 117 cm³/mol. The lowest BCUT2D eigenvalue weighted by Gasteiger charge is -2.28. The van der Waals surface area contributed by atoms with Crippen LogP contribution in [0.1, 0.15) is 42.7 Å². The summed E-state index contributed by atoms with van der Waals surface area (Å²) in [7, 11) is 1.63. The Labute approximate surface area is 179 Å². The SMILES string of the molecule is COc1ccc(Oc2ncc(CN3CCc4nc(C(C)(C)C)[nH]c(=O)c4C3)s2)cc1. The van der Waals surface area contributed by atoms with Gasteiger partial charge in [-0.25, -0.2) is 9.97 Å². The van der Waals surface area contributed by atoms with Crippen LogP contribution in [0.2, 0.25) is 0 Å². The number of nitrogens with zero attached hydrogens (tertiary/aromatic N) is 3. The molecular weight excluding hydrogens is 400 g/mol. The highest BCUT2D eigenvalue weighted by atomic mass is 32.1. The van der Waals surface area contributed by atoms with Crippen molar-refractivity contribution in [1.29, 1.82) is 0 Å². The molecule has 30 heavy (non-hydrogen) atoms. The number of benzene rings is 1. The predicted octanol–water partition coefficient (Wildman–Crippen LogP) is 3.88. The minimum atomic E-state index is -0.172. The second-order valence-corrected chi connectivity index (χ2v) is 9.50. The quantitative estimate of drug-likeness (QED) is 0.667. The third-order valence-corrected chi connectivity index (χ3v) is 5.89. The third-order valence-electron chi connectivity index (χ3n) is 5.03. The van der Waals surface area contributed by atoms with Crippen LogP contribution in [0.4, 0.5) is 0 Å². The Morgan fingerprint density at radius 2 is 1.93 bits per heavy atom. The van der Waals surface area contributed by atoms with Gasteiger partial charge in [0, 0.05) is 42.5 Å². The summed E-state index contributed by atoms with van der Waals surface area (Å²) in [6, 6.07) is 7.41. The molecule has 0 amide bonds. The van der Waals surface area contributed by atoms with Crippen molar-refractivity contribution < 1.29 is 9.47 Å². The van der Waals surface area contributed by atoms with Crippen molar-refractivity contribution in [2.24, 2.45) is 0 Å². The number of hydrogen-bond donors (Lipinski definition) is 1. The van der Waals surface area contributed by atoms with Crippen LogP contribution in [-0.4, -0.2) is 33.5 Å². The molecule has 8 heteroatoms. The zero-order valence-electron chi connectivity index (χ0n) is 17.7. The second kappa shape index (κ2) is 8.20. The van der Waals surface area contributed by atoms with Crippen LogP contribution in [0.3, 0.4) is 0 Å². The van der Waals surface area contributed by atoms with Gasteiger partial charge in [0.15, 0.2) is 0 Å². The molecular formula is C22H26N4O3S. The lowest BCUT2D eigenvalue weighted by atomic mass is 9.95. The van der Waals surface area contributed by atoms with E-state index in [4.69, 9.17) is 14.5 Å². The van der Waals surface area contributed by atoms with Crippen molar-refractivity contribution in [3.8, 4) is 16.7 Å². The van der Waals surface area contributed by atoms with E-state index in [1.54, 1.807) is 7.11 Å². The summed E-state index contributed by atoms with van der Waals surface area (Å²) < 4.78 is 11.0. The second-order valence-electron chi connectivity index (χ2n) is 8.42. The molecule has 0 fully saturated rings. The summed E-state index contributed by atoms with van der Waals surface area (Å²) in [5.41, 5.74) is 1.50. The Balaban J connectivity index is 1.42. The monoisotopic (exact) mass is 426 g/mol. The lowest BCUT2D eigenvalue weighted by Crippen LogP contribution is -2.36. The largest absolute Gasteiger partial charge is 0.497 e. The van der Waals surface area contributed by atoms with Gasteiger partial charge in [0.2, 0.25) is 0 Å². The molecule has 1 aromatic carbocycles. The van der Waals surface area contributed by atoms with Gasteiger partial charge in [0.1, 0.15) is 17.3 Å². The van der Waals surface area contributed by atoms with E-state index in [1.165, 1.54) is 11.3 Å². The van der Waals surface area contributed by atoms with Crippen LogP contribution < -0.4 is 15.0 Å². The third kappa shape index (κ3) is 4.55. The van der Waals surface area contributed by atoms with Gasteiger partial charge in [-0.2, -0.15) is 0 Å². The molecule has 0 bridgehead atoms. The lowest BCUT2D eigenvalue weighted by molar-refractivity contribution is 0.243. The van der Waals surface area contributed by atoms with E-state index in [0.29, 0.717) is 11.7 Å². The fourth-order valence-corrected chi connectivity index (χ4v) is 4.17. The number of hydrogen-bond acceptors (Lipinski definition) is 7. The Kier molecular flexibility index (Phi) is 5.62. The van der Waals surface area contributed by atoms with E-state index < -0.39 is 0 Å². The highest BCUT2D eigenvalue weighted by Crippen LogP contribution is 2.29. The van der Waals surface area contributed by atoms with Crippen LogP contribution in [0, 0.1) is 0 Å². The number of fused-ring (bicyclic) bond motifs is 1. The average molecular weight is 427 g/mol. The van der Waals surface area contributed by atoms with E-state index in [0.717, 1.165) is 53.0 Å². The molecule has 4 rings (SSSR count). The normalized spacial score (nSPS) is 14.4. The fraction of sp³-hybridized carbons (Fsp3) is 0.409. The first-order chi connectivity index (χ1) is 14.3. The molecule has 0 radical (unpaired) electrons. The summed E-state index contributed by atoms with van der Waals surface area (Å²) in [6.45, 7) is 8.35. The van der Waals surface area contributed by atoms with E-state index in [2.05, 4.69) is 35.6 Å². The van der Waals surface area contributed by atoms with Gasteiger partial charge in [-0.05, 0) is 24.3 Å². The van der Waals surface area contributed by atoms with Crippen molar-refractivity contribution in [3.05, 3.63) is 62.8 Å². The zero-order chi connectivity index (χ0) is 21.3. The molecule has 1 aliphatic heterocycles. The fourth-order valence-electron chi connectivity index (χ4n) is 3.35. The van der Waals surface area contributed by atoms with Crippen LogP contribution in [0.15, 0.2) is 35.3 Å². The Morgan fingerprint density at radius 1 is 1.20 bits per heavy atom. The smallest absolute Gasteiger partial charge is 0.278 e. The molecule has 0 saturated carbocycles. The van der Waals surface area contributed by atoms with Crippen LogP contribution in [0.5, 0.6) is 16.7 Å². The van der Waals surface area contributed by atoms with E-state index in [-0.39, 0.29) is 11.0 Å². The maximum atomic E-state index is 12.6. The molecule has 7 nitrogen and oxygen atoms in total. The summed E-state index contributed by atoms with van der Waals surface area (Å²) in [5.74, 6) is 2.25. The average Bonchev–Trinajstić information content (AvgIpc) is 3.15. The molecule has 0 atom stereocenters. The summed E-state index contributed by atoms with van der Waals surface area (Å²) in [6.07, 6.45) is 2.61. The highest BCUT2D eigenvalue weighted by Gasteiger charge is 2.25. The van der Waals surface area contributed by atoms with Gasteiger partial charge in [0.05, 0.1) is 18.4 Å². The molecule has 0 unspecified atom stereocenters. The number of methoxy groups -OCH3 is 1. The molecule has 158 valence electrons. The molecule has 0 spiro atoms. The van der Waals surface area contributed by atoms with Gasteiger partial charge in [-0.3, -0.25) is 9.69 Å². The van der Waals surface area contributed by atoms with Crippen LogP contribution in [-0.2, 0) is 24.9 Å². The summed E-state index contributed by atoms with van der Waals surface area (Å²) in [5, 5.41) is 0.599. The Bertz CT molecular complexity index is 1080. The van der Waals surface area contributed by atoms with Crippen LogP contribution in [0.25, 0.3) is 0 Å².